The van der Waals surface area contributed by atoms with Crippen molar-refractivity contribution in [3.8, 4) is 5.75 Å². The highest BCUT2D eigenvalue weighted by molar-refractivity contribution is 14.0. The molecule has 1 atom stereocenters. The van der Waals surface area contributed by atoms with Crippen LogP contribution in [0.25, 0.3) is 0 Å². The van der Waals surface area contributed by atoms with E-state index in [4.69, 9.17) is 9.47 Å². The summed E-state index contributed by atoms with van der Waals surface area (Å²) in [4.78, 5) is 4.61. The first-order valence-corrected chi connectivity index (χ1v) is 8.30. The van der Waals surface area contributed by atoms with Gasteiger partial charge in [-0.1, -0.05) is 26.0 Å². The molecule has 0 heterocycles. The molecule has 1 aromatic rings. The van der Waals surface area contributed by atoms with E-state index in [0.29, 0.717) is 19.1 Å². The van der Waals surface area contributed by atoms with Gasteiger partial charge in [0.25, 0.3) is 0 Å². The molecule has 0 aromatic heterocycles. The molecule has 0 saturated carbocycles. The van der Waals surface area contributed by atoms with Gasteiger partial charge in [-0.15, -0.1) is 24.0 Å². The largest absolute Gasteiger partial charge is 0.493 e. The number of methoxy groups -OCH3 is 1. The lowest BCUT2D eigenvalue weighted by Gasteiger charge is -2.17. The third-order valence-corrected chi connectivity index (χ3v) is 3.07. The van der Waals surface area contributed by atoms with Gasteiger partial charge in [0.15, 0.2) is 5.96 Å². The van der Waals surface area contributed by atoms with Crippen molar-refractivity contribution in [2.45, 2.75) is 40.3 Å². The lowest BCUT2D eigenvalue weighted by Crippen LogP contribution is -2.43. The molecule has 0 spiro atoms. The number of halogens is 1. The molecule has 1 unspecified atom stereocenters. The van der Waals surface area contributed by atoms with Crippen molar-refractivity contribution in [2.24, 2.45) is 10.9 Å². The fourth-order valence-electron chi connectivity index (χ4n) is 1.97. The molecular weight excluding hydrogens is 417 g/mol. The minimum absolute atomic E-state index is 0. The normalized spacial score (nSPS) is 12.5. The molecule has 0 aliphatic carbocycles. The lowest BCUT2D eigenvalue weighted by atomic mass is 10.2. The summed E-state index contributed by atoms with van der Waals surface area (Å²) in [6.07, 6.45) is 0. The average molecular weight is 449 g/mol. The lowest BCUT2D eigenvalue weighted by molar-refractivity contribution is 0.179. The molecule has 1 rings (SSSR count). The first kappa shape index (κ1) is 23.0. The van der Waals surface area contributed by atoms with Crippen LogP contribution in [0.2, 0.25) is 0 Å². The number of hydrogen-bond acceptors (Lipinski definition) is 3. The summed E-state index contributed by atoms with van der Waals surface area (Å²) < 4.78 is 10.8. The van der Waals surface area contributed by atoms with Crippen LogP contribution in [0.4, 0.5) is 0 Å². The quantitative estimate of drug-likeness (QED) is 0.345. The second-order valence-electron chi connectivity index (χ2n) is 6.04. The SMILES string of the molecule is CCNC(=NCc1ccc(OCC(C)C)cc1)NC(C)COC.I. The molecule has 0 aliphatic heterocycles. The number of nitrogens with one attached hydrogen (secondary N) is 2. The Morgan fingerprint density at radius 1 is 1.12 bits per heavy atom. The first-order valence-electron chi connectivity index (χ1n) is 8.30. The van der Waals surface area contributed by atoms with E-state index in [1.807, 2.05) is 12.1 Å². The average Bonchev–Trinajstić information content (AvgIpc) is 2.52. The molecule has 6 heteroatoms. The maximum absolute atomic E-state index is 5.69. The van der Waals surface area contributed by atoms with E-state index in [-0.39, 0.29) is 30.0 Å². The van der Waals surface area contributed by atoms with Crippen molar-refractivity contribution in [3.63, 3.8) is 0 Å². The summed E-state index contributed by atoms with van der Waals surface area (Å²) in [5, 5.41) is 6.57. The van der Waals surface area contributed by atoms with Gasteiger partial charge in [0.2, 0.25) is 0 Å². The zero-order valence-corrected chi connectivity index (χ0v) is 17.8. The van der Waals surface area contributed by atoms with Crippen LogP contribution in [-0.2, 0) is 11.3 Å². The van der Waals surface area contributed by atoms with Gasteiger partial charge in [-0.25, -0.2) is 4.99 Å². The Kier molecular flexibility index (Phi) is 12.7. The predicted molar refractivity (Wildman–Crippen MR) is 111 cm³/mol. The Labute approximate surface area is 163 Å². The second-order valence-corrected chi connectivity index (χ2v) is 6.04. The summed E-state index contributed by atoms with van der Waals surface area (Å²) in [5.74, 6) is 2.24. The van der Waals surface area contributed by atoms with Crippen LogP contribution in [0.5, 0.6) is 5.75 Å². The van der Waals surface area contributed by atoms with Crippen LogP contribution < -0.4 is 15.4 Å². The van der Waals surface area contributed by atoms with E-state index >= 15 is 0 Å². The van der Waals surface area contributed by atoms with Crippen molar-refractivity contribution < 1.29 is 9.47 Å². The molecule has 0 fully saturated rings. The van der Waals surface area contributed by atoms with Crippen LogP contribution in [-0.4, -0.2) is 38.9 Å². The number of nitrogens with zero attached hydrogens (tertiary/aromatic N) is 1. The molecule has 0 amide bonds. The van der Waals surface area contributed by atoms with E-state index in [0.717, 1.165) is 30.4 Å². The fourth-order valence-corrected chi connectivity index (χ4v) is 1.97. The maximum atomic E-state index is 5.69. The van der Waals surface area contributed by atoms with Gasteiger partial charge in [0.1, 0.15) is 5.75 Å². The van der Waals surface area contributed by atoms with Crippen LogP contribution in [0, 0.1) is 5.92 Å². The minimum atomic E-state index is 0. The fraction of sp³-hybridized carbons (Fsp3) is 0.611. The molecule has 138 valence electrons. The van der Waals surface area contributed by atoms with Gasteiger partial charge in [0, 0.05) is 19.7 Å². The summed E-state index contributed by atoms with van der Waals surface area (Å²) in [5.41, 5.74) is 1.15. The van der Waals surface area contributed by atoms with Crippen LogP contribution in [0.3, 0.4) is 0 Å². The Bertz CT molecular complexity index is 464. The van der Waals surface area contributed by atoms with Gasteiger partial charge < -0.3 is 20.1 Å². The van der Waals surface area contributed by atoms with Crippen molar-refractivity contribution in [1.29, 1.82) is 0 Å². The number of ether oxygens (including phenoxy) is 2. The highest BCUT2D eigenvalue weighted by atomic mass is 127. The predicted octanol–water partition coefficient (Wildman–Crippen LogP) is 3.43. The summed E-state index contributed by atoms with van der Waals surface area (Å²) >= 11 is 0. The summed E-state index contributed by atoms with van der Waals surface area (Å²) in [6.45, 7) is 11.2. The first-order chi connectivity index (χ1) is 11.0. The minimum Gasteiger partial charge on any atom is -0.493 e. The summed E-state index contributed by atoms with van der Waals surface area (Å²) in [7, 11) is 1.70. The monoisotopic (exact) mass is 449 g/mol. The molecule has 24 heavy (non-hydrogen) atoms. The van der Waals surface area contributed by atoms with Crippen molar-refractivity contribution in [3.05, 3.63) is 29.8 Å². The molecule has 1 aromatic carbocycles. The Morgan fingerprint density at radius 2 is 1.79 bits per heavy atom. The Hall–Kier alpha value is -1.02. The van der Waals surface area contributed by atoms with Gasteiger partial charge in [-0.05, 0) is 37.5 Å². The molecular formula is C18H32IN3O2. The van der Waals surface area contributed by atoms with Crippen LogP contribution in [0.1, 0.15) is 33.3 Å². The number of rotatable bonds is 9. The second kappa shape index (κ2) is 13.3. The van der Waals surface area contributed by atoms with Gasteiger partial charge >= 0.3 is 0 Å². The smallest absolute Gasteiger partial charge is 0.191 e. The van der Waals surface area contributed by atoms with E-state index in [1.54, 1.807) is 7.11 Å². The molecule has 0 radical (unpaired) electrons. The van der Waals surface area contributed by atoms with Crippen molar-refractivity contribution in [1.82, 2.24) is 10.6 Å². The highest BCUT2D eigenvalue weighted by Crippen LogP contribution is 2.13. The Morgan fingerprint density at radius 3 is 2.33 bits per heavy atom. The summed E-state index contributed by atoms with van der Waals surface area (Å²) in [6, 6.07) is 8.33. The third kappa shape index (κ3) is 9.97. The Balaban J connectivity index is 0.00000529. The van der Waals surface area contributed by atoms with Gasteiger partial charge in [-0.2, -0.15) is 0 Å². The third-order valence-electron chi connectivity index (χ3n) is 3.07. The molecule has 2 N–H and O–H groups in total. The van der Waals surface area contributed by atoms with E-state index < -0.39 is 0 Å². The van der Waals surface area contributed by atoms with Crippen molar-refractivity contribution >= 4 is 29.9 Å². The number of aliphatic imine (C=N–C) groups is 1. The van der Waals surface area contributed by atoms with Crippen molar-refractivity contribution in [2.75, 3.05) is 26.9 Å². The molecule has 0 bridgehead atoms. The molecule has 0 saturated heterocycles. The van der Waals surface area contributed by atoms with E-state index in [1.165, 1.54) is 0 Å². The van der Waals surface area contributed by atoms with E-state index in [2.05, 4.69) is 55.5 Å². The standard InChI is InChI=1S/C18H31N3O2.HI/c1-6-19-18(21-15(4)13-22-5)20-11-16-7-9-17(10-8-16)23-12-14(2)3;/h7-10,14-15H,6,11-13H2,1-5H3,(H2,19,20,21);1H. The number of benzene rings is 1. The maximum Gasteiger partial charge on any atom is 0.191 e. The topological polar surface area (TPSA) is 54.9 Å². The molecule has 5 nitrogen and oxygen atoms in total. The number of hydrogen-bond donors (Lipinski definition) is 2. The number of guanidine groups is 1. The zero-order chi connectivity index (χ0) is 17.1. The van der Waals surface area contributed by atoms with Gasteiger partial charge in [0.05, 0.1) is 19.8 Å². The highest BCUT2D eigenvalue weighted by Gasteiger charge is 2.04. The van der Waals surface area contributed by atoms with Crippen LogP contribution in [0.15, 0.2) is 29.3 Å². The van der Waals surface area contributed by atoms with Gasteiger partial charge in [-0.3, -0.25) is 0 Å². The molecule has 0 aliphatic rings. The van der Waals surface area contributed by atoms with Crippen LogP contribution >= 0.6 is 24.0 Å². The zero-order valence-electron chi connectivity index (χ0n) is 15.5. The van der Waals surface area contributed by atoms with E-state index in [9.17, 15) is 0 Å².